The fraction of sp³-hybridized carbons (Fsp3) is 0.306. The van der Waals surface area contributed by atoms with Crippen molar-refractivity contribution in [2.75, 3.05) is 44.1 Å². The highest BCUT2D eigenvalue weighted by Gasteiger charge is 2.26. The smallest absolute Gasteiger partial charge is 0.335 e. The Hall–Kier alpha value is -5.72. The number of carbonyl (C=O) groups excluding carboxylic acids is 2. The molecule has 5 rings (SSSR count). The first-order chi connectivity index (χ1) is 25.6. The van der Waals surface area contributed by atoms with E-state index in [1.807, 2.05) is 4.72 Å². The van der Waals surface area contributed by atoms with Crippen LogP contribution in [0.4, 0.5) is 14.5 Å². The topological polar surface area (TPSA) is 198 Å². The van der Waals surface area contributed by atoms with Crippen molar-refractivity contribution in [3.8, 4) is 5.69 Å². The molecular weight excluding hydrogens is 730 g/mol. The number of halogens is 2. The van der Waals surface area contributed by atoms with E-state index >= 15 is 8.78 Å². The first kappa shape index (κ1) is 39.5. The van der Waals surface area contributed by atoms with E-state index in [2.05, 4.69) is 15.5 Å². The van der Waals surface area contributed by atoms with Crippen LogP contribution < -0.4 is 26.6 Å². The number of benzene rings is 3. The first-order valence-corrected chi connectivity index (χ1v) is 18.2. The fourth-order valence-electron chi connectivity index (χ4n) is 5.68. The predicted molar refractivity (Wildman–Crippen MR) is 193 cm³/mol. The molecule has 1 atom stereocenters. The Morgan fingerprint density at radius 2 is 1.57 bits per heavy atom. The lowest BCUT2D eigenvalue weighted by Gasteiger charge is -2.26. The fourth-order valence-corrected chi connectivity index (χ4v) is 6.74. The highest BCUT2D eigenvalue weighted by atomic mass is 32.2. The number of sulfonamides is 1. The molecule has 0 unspecified atom stereocenters. The zero-order chi connectivity index (χ0) is 39.3. The molecule has 4 aromatic rings. The molecule has 1 aromatic heterocycles. The average molecular weight is 769 g/mol. The van der Waals surface area contributed by atoms with Crippen LogP contribution in [0.25, 0.3) is 5.69 Å². The van der Waals surface area contributed by atoms with Gasteiger partial charge in [0.25, 0.3) is 27.4 Å². The number of rotatable bonds is 13. The molecule has 2 heterocycles. The van der Waals surface area contributed by atoms with Gasteiger partial charge < -0.3 is 25.0 Å². The Morgan fingerprint density at radius 1 is 0.926 bits per heavy atom. The molecule has 0 saturated carbocycles. The second-order valence-corrected chi connectivity index (χ2v) is 14.3. The molecule has 0 aliphatic carbocycles. The molecule has 15 nitrogen and oxygen atoms in total. The third kappa shape index (κ3) is 8.90. The Morgan fingerprint density at radius 3 is 2.20 bits per heavy atom. The van der Waals surface area contributed by atoms with Gasteiger partial charge in [-0.05, 0) is 61.9 Å². The lowest BCUT2D eigenvalue weighted by Crippen LogP contribution is -2.42. The van der Waals surface area contributed by atoms with Gasteiger partial charge in [0.2, 0.25) is 0 Å². The van der Waals surface area contributed by atoms with Crippen LogP contribution in [0.15, 0.2) is 75.1 Å². The number of carboxylic acids is 1. The number of carboxylic acid groups (broad SMARTS) is 1. The summed E-state index contributed by atoms with van der Waals surface area (Å²) in [6.45, 7) is 6.96. The molecule has 2 amide bonds. The van der Waals surface area contributed by atoms with E-state index < -0.39 is 68.0 Å². The Kier molecular flexibility index (Phi) is 12.1. The third-order valence-electron chi connectivity index (χ3n) is 9.08. The molecule has 0 spiro atoms. The molecule has 0 radical (unpaired) electrons. The van der Waals surface area contributed by atoms with Crippen LogP contribution in [0.3, 0.4) is 0 Å². The monoisotopic (exact) mass is 768 g/mol. The van der Waals surface area contributed by atoms with Crippen molar-refractivity contribution in [1.82, 2.24) is 24.7 Å². The van der Waals surface area contributed by atoms with Gasteiger partial charge in [0.1, 0.15) is 17.7 Å². The summed E-state index contributed by atoms with van der Waals surface area (Å²) in [6, 6.07) is 9.83. The lowest BCUT2D eigenvalue weighted by atomic mass is 10.0. The Labute approximate surface area is 308 Å². The standard InChI is InChI=1S/C36H38F2N6O9S/c1-21-22(2)42(3)36(50)44(34(21)47)25-8-4-23(5-9-25)18-31(35(48)49)40-33(46)27-19-29(38)30(20-28(27)37)41-54(51,52)26-10-6-24(7-11-26)32(45)39-12-13-43-14-16-53-17-15-43/h4-11,19-20,31,41H,12-18H2,1-3H3,(H,39,45)(H,40,46)(H,48,49)/t31-/m0/s1. The van der Waals surface area contributed by atoms with Crippen LogP contribution in [0.2, 0.25) is 0 Å². The first-order valence-electron chi connectivity index (χ1n) is 16.7. The second kappa shape index (κ2) is 16.5. The third-order valence-corrected chi connectivity index (χ3v) is 10.5. The van der Waals surface area contributed by atoms with Crippen molar-refractivity contribution in [3.05, 3.63) is 121 Å². The minimum absolute atomic E-state index is 0.182. The van der Waals surface area contributed by atoms with Gasteiger partial charge in [-0.25, -0.2) is 31.4 Å². The summed E-state index contributed by atoms with van der Waals surface area (Å²) in [5.41, 5.74) is -1.14. The number of nitrogens with zero attached hydrogens (tertiary/aromatic N) is 3. The van der Waals surface area contributed by atoms with Crippen molar-refractivity contribution in [2.24, 2.45) is 7.05 Å². The van der Waals surface area contributed by atoms with Crippen LogP contribution in [0, 0.1) is 25.5 Å². The van der Waals surface area contributed by atoms with E-state index in [9.17, 15) is 37.5 Å². The average Bonchev–Trinajstić information content (AvgIpc) is 3.15. The van der Waals surface area contributed by atoms with Gasteiger partial charge in [-0.15, -0.1) is 0 Å². The number of amides is 2. The van der Waals surface area contributed by atoms with Gasteiger partial charge in [-0.3, -0.25) is 24.0 Å². The number of hydrogen-bond acceptors (Lipinski definition) is 9. The largest absolute Gasteiger partial charge is 0.480 e. The normalized spacial score (nSPS) is 13.9. The summed E-state index contributed by atoms with van der Waals surface area (Å²) in [4.78, 5) is 64.8. The van der Waals surface area contributed by atoms with Crippen LogP contribution in [-0.4, -0.2) is 90.8 Å². The highest BCUT2D eigenvalue weighted by Crippen LogP contribution is 2.24. The molecule has 1 aliphatic rings. The maximum atomic E-state index is 15.1. The van der Waals surface area contributed by atoms with Crippen molar-refractivity contribution < 1.29 is 41.4 Å². The van der Waals surface area contributed by atoms with Crippen LogP contribution in [-0.2, 0) is 33.0 Å². The van der Waals surface area contributed by atoms with Crippen molar-refractivity contribution in [2.45, 2.75) is 31.2 Å². The van der Waals surface area contributed by atoms with E-state index in [4.69, 9.17) is 4.74 Å². The van der Waals surface area contributed by atoms with Gasteiger partial charge >= 0.3 is 11.7 Å². The molecular formula is C36H38F2N6O9S. The van der Waals surface area contributed by atoms with E-state index in [-0.39, 0.29) is 22.6 Å². The maximum Gasteiger partial charge on any atom is 0.335 e. The maximum absolute atomic E-state index is 15.1. The van der Waals surface area contributed by atoms with Crippen LogP contribution in [0.5, 0.6) is 0 Å². The van der Waals surface area contributed by atoms with Crippen LogP contribution in [0.1, 0.15) is 37.5 Å². The number of aromatic nitrogens is 2. The van der Waals surface area contributed by atoms with Crippen molar-refractivity contribution >= 4 is 33.5 Å². The van der Waals surface area contributed by atoms with Crippen LogP contribution >= 0.6 is 0 Å². The predicted octanol–water partition coefficient (Wildman–Crippen LogP) is 1.72. The molecule has 1 saturated heterocycles. The van der Waals surface area contributed by atoms with Crippen molar-refractivity contribution in [1.29, 1.82) is 0 Å². The Bertz CT molecular complexity index is 2270. The number of anilines is 1. The summed E-state index contributed by atoms with van der Waals surface area (Å²) in [7, 11) is -2.96. The molecule has 18 heteroatoms. The number of morpholine rings is 1. The van der Waals surface area contributed by atoms with E-state index in [1.54, 1.807) is 13.8 Å². The number of carbonyl (C=O) groups is 3. The van der Waals surface area contributed by atoms with E-state index in [1.165, 1.54) is 48.0 Å². The molecule has 0 bridgehead atoms. The molecule has 1 fully saturated rings. The molecule has 54 heavy (non-hydrogen) atoms. The highest BCUT2D eigenvalue weighted by molar-refractivity contribution is 7.92. The van der Waals surface area contributed by atoms with Gasteiger partial charge in [0.15, 0.2) is 0 Å². The summed E-state index contributed by atoms with van der Waals surface area (Å²) >= 11 is 0. The quantitative estimate of drug-likeness (QED) is 0.155. The van der Waals surface area contributed by atoms with Gasteiger partial charge in [-0.2, -0.15) is 0 Å². The SMILES string of the molecule is Cc1c(C)n(C)c(=O)n(-c2ccc(C[C@H](NC(=O)c3cc(F)c(NS(=O)(=O)c4ccc(C(=O)NCCN5CCOCC5)cc4)cc3F)C(=O)O)cc2)c1=O. The zero-order valence-corrected chi connectivity index (χ0v) is 30.3. The van der Waals surface area contributed by atoms with Gasteiger partial charge in [0.05, 0.1) is 35.0 Å². The zero-order valence-electron chi connectivity index (χ0n) is 29.5. The number of aliphatic carboxylic acids is 1. The molecule has 286 valence electrons. The summed E-state index contributed by atoms with van der Waals surface area (Å²) in [6.07, 6.45) is -0.307. The van der Waals surface area contributed by atoms with E-state index in [0.717, 1.165) is 29.8 Å². The molecule has 3 aromatic carbocycles. The van der Waals surface area contributed by atoms with E-state index in [0.29, 0.717) is 55.3 Å². The number of nitrogens with one attached hydrogen (secondary N) is 3. The summed E-state index contributed by atoms with van der Waals surface area (Å²) < 4.78 is 65.7. The minimum Gasteiger partial charge on any atom is -0.480 e. The lowest BCUT2D eigenvalue weighted by molar-refractivity contribution is -0.139. The van der Waals surface area contributed by atoms with Gasteiger partial charge in [0, 0.05) is 62.5 Å². The molecule has 1 aliphatic heterocycles. The summed E-state index contributed by atoms with van der Waals surface area (Å²) in [5.74, 6) is -5.87. The van der Waals surface area contributed by atoms with Gasteiger partial charge in [-0.1, -0.05) is 12.1 Å². The van der Waals surface area contributed by atoms with Crippen molar-refractivity contribution in [3.63, 3.8) is 0 Å². The number of hydrogen-bond donors (Lipinski definition) is 4. The Balaban J connectivity index is 1.23. The number of ether oxygens (including phenoxy) is 1. The minimum atomic E-state index is -4.48. The molecule has 4 N–H and O–H groups in total. The second-order valence-electron chi connectivity index (χ2n) is 12.6. The summed E-state index contributed by atoms with van der Waals surface area (Å²) in [5, 5.41) is 14.7.